The van der Waals surface area contributed by atoms with Crippen LogP contribution in [0.4, 0.5) is 5.69 Å². The van der Waals surface area contributed by atoms with E-state index >= 15 is 0 Å². The van der Waals surface area contributed by atoms with Crippen LogP contribution in [0.1, 0.15) is 5.56 Å². The molecular formula is C18H16N2O3. The molecule has 0 heterocycles. The highest BCUT2D eigenvalue weighted by Gasteiger charge is 2.11. The van der Waals surface area contributed by atoms with Crippen molar-refractivity contribution in [2.24, 2.45) is 0 Å². The van der Waals surface area contributed by atoms with Gasteiger partial charge in [0.05, 0.1) is 14.2 Å². The van der Waals surface area contributed by atoms with Gasteiger partial charge in [0.2, 0.25) is 0 Å². The van der Waals surface area contributed by atoms with E-state index < -0.39 is 5.91 Å². The van der Waals surface area contributed by atoms with Crippen LogP contribution in [-0.2, 0) is 4.79 Å². The van der Waals surface area contributed by atoms with Crippen LogP contribution in [0.2, 0.25) is 0 Å². The van der Waals surface area contributed by atoms with Gasteiger partial charge < -0.3 is 14.8 Å². The molecule has 0 radical (unpaired) electrons. The van der Waals surface area contributed by atoms with Gasteiger partial charge in [0.15, 0.2) is 0 Å². The third-order valence-electron chi connectivity index (χ3n) is 3.14. The molecule has 0 spiro atoms. The number of hydrogen-bond donors (Lipinski definition) is 1. The lowest BCUT2D eigenvalue weighted by Crippen LogP contribution is -2.13. The zero-order valence-electron chi connectivity index (χ0n) is 12.9. The van der Waals surface area contributed by atoms with Crippen molar-refractivity contribution < 1.29 is 14.3 Å². The largest absolute Gasteiger partial charge is 0.497 e. The molecule has 2 aromatic rings. The van der Waals surface area contributed by atoms with Gasteiger partial charge in [-0.1, -0.05) is 18.2 Å². The highest BCUT2D eigenvalue weighted by Crippen LogP contribution is 2.26. The average Bonchev–Trinajstić information content (AvgIpc) is 2.60. The highest BCUT2D eigenvalue weighted by molar-refractivity contribution is 6.09. The Morgan fingerprint density at radius 2 is 1.87 bits per heavy atom. The Balaban J connectivity index is 2.28. The van der Waals surface area contributed by atoms with E-state index in [0.717, 1.165) is 0 Å². The van der Waals surface area contributed by atoms with Crippen LogP contribution < -0.4 is 14.8 Å². The van der Waals surface area contributed by atoms with Crippen molar-refractivity contribution in [2.75, 3.05) is 19.5 Å². The molecule has 0 saturated heterocycles. The summed E-state index contributed by atoms with van der Waals surface area (Å²) in [5.74, 6) is 0.674. The summed E-state index contributed by atoms with van der Waals surface area (Å²) in [5, 5.41) is 11.9. The minimum atomic E-state index is -0.475. The van der Waals surface area contributed by atoms with E-state index in [0.29, 0.717) is 22.7 Å². The summed E-state index contributed by atoms with van der Waals surface area (Å²) in [6, 6.07) is 16.0. The smallest absolute Gasteiger partial charge is 0.266 e. The molecule has 0 bridgehead atoms. The summed E-state index contributed by atoms with van der Waals surface area (Å²) in [6.45, 7) is 0. The van der Waals surface area contributed by atoms with Gasteiger partial charge in [-0.15, -0.1) is 0 Å². The molecule has 23 heavy (non-hydrogen) atoms. The Kier molecular flexibility index (Phi) is 5.37. The standard InChI is InChI=1S/C18H16N2O3/c1-22-16-9-8-13(17(11-16)23-2)10-14(12-19)18(21)20-15-6-4-3-5-7-15/h3-11H,1-2H3,(H,20,21)/b14-10+. The summed E-state index contributed by atoms with van der Waals surface area (Å²) in [5.41, 5.74) is 1.23. The van der Waals surface area contributed by atoms with Crippen molar-refractivity contribution in [3.05, 3.63) is 59.7 Å². The molecule has 1 N–H and O–H groups in total. The number of methoxy groups -OCH3 is 2. The molecule has 0 aromatic heterocycles. The number of rotatable bonds is 5. The maximum absolute atomic E-state index is 12.2. The summed E-state index contributed by atoms with van der Waals surface area (Å²) in [4.78, 5) is 12.2. The predicted molar refractivity (Wildman–Crippen MR) is 88.2 cm³/mol. The van der Waals surface area contributed by atoms with Crippen LogP contribution in [0.15, 0.2) is 54.1 Å². The maximum atomic E-state index is 12.2. The Hall–Kier alpha value is -3.26. The van der Waals surface area contributed by atoms with Gasteiger partial charge >= 0.3 is 0 Å². The van der Waals surface area contributed by atoms with E-state index in [2.05, 4.69) is 5.32 Å². The summed E-state index contributed by atoms with van der Waals surface area (Å²) >= 11 is 0. The normalized spacial score (nSPS) is 10.6. The van der Waals surface area contributed by atoms with Crippen LogP contribution in [0.3, 0.4) is 0 Å². The van der Waals surface area contributed by atoms with Crippen molar-refractivity contribution in [1.29, 1.82) is 5.26 Å². The number of nitrogens with one attached hydrogen (secondary N) is 1. The molecule has 116 valence electrons. The van der Waals surface area contributed by atoms with E-state index in [9.17, 15) is 10.1 Å². The number of anilines is 1. The lowest BCUT2D eigenvalue weighted by Gasteiger charge is -2.08. The van der Waals surface area contributed by atoms with E-state index in [1.54, 1.807) is 49.6 Å². The van der Waals surface area contributed by atoms with Crippen LogP contribution >= 0.6 is 0 Å². The minimum absolute atomic E-state index is 0.0164. The molecule has 0 aliphatic rings. The lowest BCUT2D eigenvalue weighted by atomic mass is 10.1. The molecule has 5 heteroatoms. The van der Waals surface area contributed by atoms with E-state index in [1.807, 2.05) is 12.1 Å². The van der Waals surface area contributed by atoms with Crippen LogP contribution in [0, 0.1) is 11.3 Å². The Morgan fingerprint density at radius 3 is 2.48 bits per heavy atom. The zero-order chi connectivity index (χ0) is 16.7. The number of benzene rings is 2. The van der Waals surface area contributed by atoms with Crippen LogP contribution in [0.5, 0.6) is 11.5 Å². The van der Waals surface area contributed by atoms with Gasteiger partial charge in [-0.25, -0.2) is 0 Å². The number of hydrogen-bond acceptors (Lipinski definition) is 4. The highest BCUT2D eigenvalue weighted by atomic mass is 16.5. The fourth-order valence-corrected chi connectivity index (χ4v) is 1.96. The average molecular weight is 308 g/mol. The van der Waals surface area contributed by atoms with Gasteiger partial charge in [-0.3, -0.25) is 4.79 Å². The Morgan fingerprint density at radius 1 is 1.13 bits per heavy atom. The first-order valence-electron chi connectivity index (χ1n) is 6.88. The second-order valence-corrected chi connectivity index (χ2v) is 4.60. The third kappa shape index (κ3) is 4.11. The topological polar surface area (TPSA) is 71.3 Å². The second kappa shape index (κ2) is 7.66. The molecule has 2 aromatic carbocycles. The van der Waals surface area contributed by atoms with Gasteiger partial charge in [-0.2, -0.15) is 5.26 Å². The first kappa shape index (κ1) is 16.1. The fraction of sp³-hybridized carbons (Fsp3) is 0.111. The fourth-order valence-electron chi connectivity index (χ4n) is 1.96. The molecule has 0 atom stereocenters. The van der Waals surface area contributed by atoms with Crippen molar-refractivity contribution in [2.45, 2.75) is 0 Å². The number of carbonyl (C=O) groups is 1. The van der Waals surface area contributed by atoms with Crippen molar-refractivity contribution in [1.82, 2.24) is 0 Å². The first-order chi connectivity index (χ1) is 11.2. The molecule has 0 fully saturated rings. The first-order valence-corrected chi connectivity index (χ1v) is 6.88. The molecule has 2 rings (SSSR count). The number of carbonyl (C=O) groups excluding carboxylic acids is 1. The maximum Gasteiger partial charge on any atom is 0.266 e. The third-order valence-corrected chi connectivity index (χ3v) is 3.14. The molecule has 0 saturated carbocycles. The lowest BCUT2D eigenvalue weighted by molar-refractivity contribution is -0.112. The zero-order valence-corrected chi connectivity index (χ0v) is 12.9. The van der Waals surface area contributed by atoms with E-state index in [-0.39, 0.29) is 5.57 Å². The minimum Gasteiger partial charge on any atom is -0.497 e. The molecule has 0 aliphatic heterocycles. The summed E-state index contributed by atoms with van der Waals surface area (Å²) < 4.78 is 10.4. The molecule has 0 aliphatic carbocycles. The van der Waals surface area contributed by atoms with Crippen molar-refractivity contribution in [3.63, 3.8) is 0 Å². The number of amides is 1. The van der Waals surface area contributed by atoms with Crippen LogP contribution in [0.25, 0.3) is 6.08 Å². The number of ether oxygens (including phenoxy) is 2. The molecular weight excluding hydrogens is 292 g/mol. The predicted octanol–water partition coefficient (Wildman–Crippen LogP) is 3.25. The van der Waals surface area contributed by atoms with E-state index in [1.165, 1.54) is 13.2 Å². The monoisotopic (exact) mass is 308 g/mol. The van der Waals surface area contributed by atoms with Gasteiger partial charge in [-0.05, 0) is 30.3 Å². The van der Waals surface area contributed by atoms with E-state index in [4.69, 9.17) is 9.47 Å². The SMILES string of the molecule is COc1ccc(/C=C(\C#N)C(=O)Nc2ccccc2)c(OC)c1. The quantitative estimate of drug-likeness (QED) is 0.680. The van der Waals surface area contributed by atoms with Crippen molar-refractivity contribution in [3.8, 4) is 17.6 Å². The second-order valence-electron chi connectivity index (χ2n) is 4.60. The van der Waals surface area contributed by atoms with Gasteiger partial charge in [0, 0.05) is 17.3 Å². The number of para-hydroxylation sites is 1. The van der Waals surface area contributed by atoms with Gasteiger partial charge in [0.1, 0.15) is 23.1 Å². The summed E-state index contributed by atoms with van der Waals surface area (Å²) in [7, 11) is 3.07. The van der Waals surface area contributed by atoms with Crippen LogP contribution in [-0.4, -0.2) is 20.1 Å². The Bertz CT molecular complexity index is 762. The molecule has 5 nitrogen and oxygen atoms in total. The Labute approximate surface area is 134 Å². The van der Waals surface area contributed by atoms with Gasteiger partial charge in [0.25, 0.3) is 5.91 Å². The number of nitrogens with zero attached hydrogens (tertiary/aromatic N) is 1. The number of nitriles is 1. The molecule has 1 amide bonds. The van der Waals surface area contributed by atoms with Crippen molar-refractivity contribution >= 4 is 17.7 Å². The summed E-state index contributed by atoms with van der Waals surface area (Å²) in [6.07, 6.45) is 1.48. The molecule has 0 unspecified atom stereocenters.